The maximum absolute atomic E-state index is 12.9. The van der Waals surface area contributed by atoms with Crippen LogP contribution in [0, 0.1) is 0 Å². The van der Waals surface area contributed by atoms with Gasteiger partial charge in [0.25, 0.3) is 0 Å². The molecule has 0 fully saturated rings. The van der Waals surface area contributed by atoms with Gasteiger partial charge in [-0.2, -0.15) is 4.31 Å². The molecule has 0 N–H and O–H groups in total. The van der Waals surface area contributed by atoms with Crippen molar-refractivity contribution in [2.45, 2.75) is 51.2 Å². The molecule has 0 aromatic carbocycles. The third-order valence-corrected chi connectivity index (χ3v) is 6.08. The number of rotatable bonds is 7. The van der Waals surface area contributed by atoms with Crippen molar-refractivity contribution in [3.8, 4) is 0 Å². The van der Waals surface area contributed by atoms with E-state index >= 15 is 0 Å². The molecule has 0 atom stereocenters. The van der Waals surface area contributed by atoms with Crippen LogP contribution in [0.1, 0.15) is 33.3 Å². The first-order chi connectivity index (χ1) is 11.7. The third-order valence-electron chi connectivity index (χ3n) is 3.85. The van der Waals surface area contributed by atoms with Crippen LogP contribution in [-0.2, 0) is 16.6 Å². The summed E-state index contributed by atoms with van der Waals surface area (Å²) in [6.45, 7) is 8.15. The maximum Gasteiger partial charge on any atom is 0.245 e. The summed E-state index contributed by atoms with van der Waals surface area (Å²) < 4.78 is 27.2. The zero-order chi connectivity index (χ0) is 18.6. The minimum absolute atomic E-state index is 0.113. The van der Waals surface area contributed by atoms with Crippen LogP contribution in [0.15, 0.2) is 47.8 Å². The Morgan fingerprint density at radius 2 is 1.72 bits per heavy atom. The summed E-state index contributed by atoms with van der Waals surface area (Å²) in [6.07, 6.45) is 4.97. The molecule has 0 radical (unpaired) electrons. The Morgan fingerprint density at radius 1 is 1.04 bits per heavy atom. The molecule has 2 rings (SSSR count). The Hall–Kier alpha value is -1.99. The van der Waals surface area contributed by atoms with Crippen LogP contribution in [0.2, 0.25) is 0 Å². The van der Waals surface area contributed by atoms with Crippen LogP contribution < -0.4 is 4.90 Å². The van der Waals surface area contributed by atoms with Crippen molar-refractivity contribution in [1.29, 1.82) is 0 Å². The molecule has 2 heterocycles. The average Bonchev–Trinajstić information content (AvgIpc) is 2.54. The molecule has 2 aromatic heterocycles. The van der Waals surface area contributed by atoms with Gasteiger partial charge in [-0.3, -0.25) is 4.98 Å². The highest BCUT2D eigenvalue weighted by Gasteiger charge is 2.29. The maximum atomic E-state index is 12.9. The topological polar surface area (TPSA) is 66.4 Å². The van der Waals surface area contributed by atoms with Gasteiger partial charge in [0.15, 0.2) is 0 Å². The second kappa shape index (κ2) is 7.93. The first kappa shape index (κ1) is 19.3. The van der Waals surface area contributed by atoms with Gasteiger partial charge < -0.3 is 4.90 Å². The Kier molecular flexibility index (Phi) is 6.13. The number of hydrogen-bond donors (Lipinski definition) is 0. The van der Waals surface area contributed by atoms with Gasteiger partial charge in [-0.05, 0) is 51.5 Å². The van der Waals surface area contributed by atoms with Gasteiger partial charge in [0.05, 0.1) is 0 Å². The Labute approximate surface area is 150 Å². The summed E-state index contributed by atoms with van der Waals surface area (Å²) in [4.78, 5) is 10.6. The van der Waals surface area contributed by atoms with Gasteiger partial charge in [0.1, 0.15) is 10.7 Å². The molecule has 0 aliphatic carbocycles. The van der Waals surface area contributed by atoms with E-state index in [1.54, 1.807) is 24.5 Å². The van der Waals surface area contributed by atoms with E-state index in [2.05, 4.69) is 9.97 Å². The monoisotopic (exact) mass is 362 g/mol. The van der Waals surface area contributed by atoms with Gasteiger partial charge in [-0.25, -0.2) is 13.4 Å². The summed E-state index contributed by atoms with van der Waals surface area (Å²) in [6, 6.07) is 7.01. The Bertz CT molecular complexity index is 766. The molecule has 0 aliphatic heterocycles. The van der Waals surface area contributed by atoms with E-state index in [-0.39, 0.29) is 17.0 Å². The highest BCUT2D eigenvalue weighted by molar-refractivity contribution is 7.89. The third kappa shape index (κ3) is 4.55. The molecule has 0 aliphatic rings. The van der Waals surface area contributed by atoms with E-state index in [4.69, 9.17) is 0 Å². The van der Waals surface area contributed by atoms with Crippen LogP contribution in [0.5, 0.6) is 0 Å². The van der Waals surface area contributed by atoms with Gasteiger partial charge in [0.2, 0.25) is 10.0 Å². The summed E-state index contributed by atoms with van der Waals surface area (Å²) >= 11 is 0. The van der Waals surface area contributed by atoms with Crippen molar-refractivity contribution in [3.05, 3.63) is 48.4 Å². The first-order valence-corrected chi connectivity index (χ1v) is 9.77. The Balaban J connectivity index is 2.21. The molecule has 0 bridgehead atoms. The van der Waals surface area contributed by atoms with E-state index < -0.39 is 10.0 Å². The normalized spacial score (nSPS) is 12.2. The molecule has 6 nitrogen and oxygen atoms in total. The standard InChI is InChI=1S/C18H26N4O2S/c1-14(2)22(15(3)4)25(23,24)17-8-9-18(20-12-17)21(5)13-16-7-6-10-19-11-16/h6-12,14-15H,13H2,1-5H3. The van der Waals surface area contributed by atoms with Crippen LogP contribution in [0.25, 0.3) is 0 Å². The molecular formula is C18H26N4O2S. The van der Waals surface area contributed by atoms with Crippen molar-refractivity contribution in [2.24, 2.45) is 0 Å². The lowest BCUT2D eigenvalue weighted by Crippen LogP contribution is -2.41. The lowest BCUT2D eigenvalue weighted by atomic mass is 10.2. The molecular weight excluding hydrogens is 336 g/mol. The zero-order valence-electron chi connectivity index (χ0n) is 15.4. The average molecular weight is 362 g/mol. The fourth-order valence-electron chi connectivity index (χ4n) is 2.87. The molecule has 25 heavy (non-hydrogen) atoms. The summed E-state index contributed by atoms with van der Waals surface area (Å²) in [5.41, 5.74) is 1.06. The predicted octanol–water partition coefficient (Wildman–Crippen LogP) is 2.92. The smallest absolute Gasteiger partial charge is 0.245 e. The van der Waals surface area contributed by atoms with Gasteiger partial charge in [0, 0.05) is 44.3 Å². The van der Waals surface area contributed by atoms with Crippen LogP contribution >= 0.6 is 0 Å². The summed E-state index contributed by atoms with van der Waals surface area (Å²) in [5, 5.41) is 0. The van der Waals surface area contributed by atoms with Gasteiger partial charge in [-0.1, -0.05) is 6.07 Å². The van der Waals surface area contributed by atoms with E-state index in [1.807, 2.05) is 51.8 Å². The van der Waals surface area contributed by atoms with E-state index in [0.717, 1.165) is 5.56 Å². The van der Waals surface area contributed by atoms with Crippen molar-refractivity contribution in [2.75, 3.05) is 11.9 Å². The second-order valence-electron chi connectivity index (χ2n) is 6.59. The molecule has 0 saturated carbocycles. The molecule has 0 saturated heterocycles. The number of pyridine rings is 2. The lowest BCUT2D eigenvalue weighted by molar-refractivity contribution is 0.302. The van der Waals surface area contributed by atoms with E-state index in [0.29, 0.717) is 12.4 Å². The number of aromatic nitrogens is 2. The van der Waals surface area contributed by atoms with Gasteiger partial charge >= 0.3 is 0 Å². The van der Waals surface area contributed by atoms with Crippen molar-refractivity contribution < 1.29 is 8.42 Å². The van der Waals surface area contributed by atoms with E-state index in [1.165, 1.54) is 10.5 Å². The van der Waals surface area contributed by atoms with Crippen molar-refractivity contribution >= 4 is 15.8 Å². The van der Waals surface area contributed by atoms with Crippen molar-refractivity contribution in [1.82, 2.24) is 14.3 Å². The molecule has 0 unspecified atom stereocenters. The zero-order valence-corrected chi connectivity index (χ0v) is 16.2. The van der Waals surface area contributed by atoms with Crippen molar-refractivity contribution in [3.63, 3.8) is 0 Å². The summed E-state index contributed by atoms with van der Waals surface area (Å²) in [5.74, 6) is 0.712. The van der Waals surface area contributed by atoms with Crippen LogP contribution in [0.3, 0.4) is 0 Å². The fraction of sp³-hybridized carbons (Fsp3) is 0.444. The Morgan fingerprint density at radius 3 is 2.20 bits per heavy atom. The molecule has 2 aromatic rings. The number of hydrogen-bond acceptors (Lipinski definition) is 5. The lowest BCUT2D eigenvalue weighted by Gasteiger charge is -2.29. The number of anilines is 1. The molecule has 0 spiro atoms. The minimum atomic E-state index is -3.56. The van der Waals surface area contributed by atoms with Crippen LogP contribution in [0.4, 0.5) is 5.82 Å². The highest BCUT2D eigenvalue weighted by Crippen LogP contribution is 2.22. The van der Waals surface area contributed by atoms with Gasteiger partial charge in [-0.15, -0.1) is 0 Å². The fourth-order valence-corrected chi connectivity index (χ4v) is 4.65. The SMILES string of the molecule is CC(C)N(C(C)C)S(=O)(=O)c1ccc(N(C)Cc2cccnc2)nc1. The summed E-state index contributed by atoms with van der Waals surface area (Å²) in [7, 11) is -1.64. The quantitative estimate of drug-likeness (QED) is 0.758. The largest absolute Gasteiger partial charge is 0.355 e. The molecule has 136 valence electrons. The molecule has 7 heteroatoms. The highest BCUT2D eigenvalue weighted by atomic mass is 32.2. The number of sulfonamides is 1. The van der Waals surface area contributed by atoms with Crippen LogP contribution in [-0.4, -0.2) is 41.8 Å². The second-order valence-corrected chi connectivity index (χ2v) is 8.44. The molecule has 0 amide bonds. The predicted molar refractivity (Wildman–Crippen MR) is 99.9 cm³/mol. The van der Waals surface area contributed by atoms with E-state index in [9.17, 15) is 8.42 Å². The first-order valence-electron chi connectivity index (χ1n) is 8.33. The number of nitrogens with zero attached hydrogens (tertiary/aromatic N) is 4. The minimum Gasteiger partial charge on any atom is -0.355 e.